The number of nitrogens with one attached hydrogen (secondary N) is 1. The smallest absolute Gasteiger partial charge is 0.186 e. The number of rotatable bonds is 1. The van der Waals surface area contributed by atoms with Gasteiger partial charge < -0.3 is 10.1 Å². The summed E-state index contributed by atoms with van der Waals surface area (Å²) in [6, 6.07) is 2.40. The van der Waals surface area contributed by atoms with Crippen LogP contribution in [0.1, 0.15) is 18.9 Å². The predicted molar refractivity (Wildman–Crippen MR) is 46.6 cm³/mol. The zero-order valence-corrected chi connectivity index (χ0v) is 7.38. The predicted octanol–water partition coefficient (Wildman–Crippen LogP) is 1.89. The fourth-order valence-corrected chi connectivity index (χ4v) is 1.23. The molecule has 0 unspecified atom stereocenters. The summed E-state index contributed by atoms with van der Waals surface area (Å²) >= 11 is 0. The first kappa shape index (κ1) is 9.08. The Morgan fingerprint density at radius 3 is 2.79 bits per heavy atom. The third kappa shape index (κ3) is 1.26. The Morgan fingerprint density at radius 2 is 2.14 bits per heavy atom. The van der Waals surface area contributed by atoms with Crippen molar-refractivity contribution in [3.63, 3.8) is 0 Å². The van der Waals surface area contributed by atoms with E-state index in [1.165, 1.54) is 13.0 Å². The van der Waals surface area contributed by atoms with Crippen LogP contribution in [0, 0.1) is 11.6 Å². The molecule has 2 N–H and O–H groups in total. The molecule has 1 atom stereocenters. The molecule has 0 bridgehead atoms. The highest BCUT2D eigenvalue weighted by atomic mass is 19.2. The molecule has 0 amide bonds. The van der Waals surface area contributed by atoms with Crippen LogP contribution in [0.2, 0.25) is 0 Å². The first-order valence-corrected chi connectivity index (χ1v) is 4.11. The number of halogens is 2. The molecule has 0 aliphatic carbocycles. The van der Waals surface area contributed by atoms with E-state index in [0.29, 0.717) is 5.52 Å². The van der Waals surface area contributed by atoms with Gasteiger partial charge in [-0.05, 0) is 19.1 Å². The molecule has 2 rings (SSSR count). The van der Waals surface area contributed by atoms with Crippen LogP contribution in [0.3, 0.4) is 0 Å². The summed E-state index contributed by atoms with van der Waals surface area (Å²) in [5.41, 5.74) is 0.292. The molecule has 1 aromatic heterocycles. The lowest BCUT2D eigenvalue weighted by atomic mass is 10.3. The molecule has 3 nitrogen and oxygen atoms in total. The number of aliphatic hydroxyl groups is 1. The number of aromatic nitrogens is 2. The van der Waals surface area contributed by atoms with Crippen molar-refractivity contribution in [2.45, 2.75) is 13.0 Å². The molecule has 1 heterocycles. The van der Waals surface area contributed by atoms with Gasteiger partial charge in [-0.1, -0.05) is 0 Å². The fourth-order valence-electron chi connectivity index (χ4n) is 1.23. The maximum absolute atomic E-state index is 13.1. The van der Waals surface area contributed by atoms with Crippen molar-refractivity contribution in [2.24, 2.45) is 0 Å². The van der Waals surface area contributed by atoms with E-state index in [1.807, 2.05) is 0 Å². The maximum Gasteiger partial charge on any atom is 0.186 e. The van der Waals surface area contributed by atoms with Crippen LogP contribution in [-0.2, 0) is 0 Å². The summed E-state index contributed by atoms with van der Waals surface area (Å²) in [7, 11) is 0. The average Bonchev–Trinajstić information content (AvgIpc) is 2.56. The molecule has 0 saturated heterocycles. The molecule has 0 aliphatic rings. The van der Waals surface area contributed by atoms with Crippen molar-refractivity contribution < 1.29 is 13.9 Å². The lowest BCUT2D eigenvalue weighted by Crippen LogP contribution is -1.92. The second kappa shape index (κ2) is 3.02. The Hall–Kier alpha value is -1.49. The Bertz CT molecular complexity index is 479. The molecular weight excluding hydrogens is 190 g/mol. The molecule has 74 valence electrons. The number of imidazole rings is 1. The third-order valence-electron chi connectivity index (χ3n) is 1.96. The molecule has 0 radical (unpaired) electrons. The van der Waals surface area contributed by atoms with Gasteiger partial charge in [0.15, 0.2) is 11.6 Å². The summed E-state index contributed by atoms with van der Waals surface area (Å²) in [4.78, 5) is 6.45. The first-order chi connectivity index (χ1) is 6.59. The van der Waals surface area contributed by atoms with Gasteiger partial charge in [-0.3, -0.25) is 0 Å². The largest absolute Gasteiger partial charge is 0.385 e. The number of aromatic amines is 1. The van der Waals surface area contributed by atoms with Crippen molar-refractivity contribution in [1.29, 1.82) is 0 Å². The standard InChI is InChI=1S/C9H8F2N2O/c1-4(14)9-12-6-3-2-5(10)7(11)8(6)13-9/h2-4,14H,1H3,(H,12,13)/t4-/m0/s1. The number of fused-ring (bicyclic) bond motifs is 1. The van der Waals surface area contributed by atoms with Crippen molar-refractivity contribution in [3.05, 3.63) is 29.6 Å². The topological polar surface area (TPSA) is 48.9 Å². The molecular formula is C9H8F2N2O. The second-order valence-corrected chi connectivity index (χ2v) is 3.06. The van der Waals surface area contributed by atoms with E-state index < -0.39 is 17.7 Å². The van der Waals surface area contributed by atoms with Gasteiger partial charge in [0.25, 0.3) is 0 Å². The minimum Gasteiger partial charge on any atom is -0.385 e. The molecule has 0 spiro atoms. The van der Waals surface area contributed by atoms with Crippen LogP contribution >= 0.6 is 0 Å². The van der Waals surface area contributed by atoms with Gasteiger partial charge in [-0.25, -0.2) is 13.8 Å². The molecule has 1 aromatic carbocycles. The first-order valence-electron chi connectivity index (χ1n) is 4.11. The highest BCUT2D eigenvalue weighted by Gasteiger charge is 2.13. The third-order valence-corrected chi connectivity index (χ3v) is 1.96. The summed E-state index contributed by atoms with van der Waals surface area (Å²) in [5.74, 6) is -1.71. The summed E-state index contributed by atoms with van der Waals surface area (Å²) in [5, 5.41) is 9.17. The highest BCUT2D eigenvalue weighted by molar-refractivity contribution is 5.75. The van der Waals surface area contributed by atoms with Crippen LogP contribution in [0.5, 0.6) is 0 Å². The lowest BCUT2D eigenvalue weighted by Gasteiger charge is -1.95. The molecule has 2 aromatic rings. The van der Waals surface area contributed by atoms with E-state index in [-0.39, 0.29) is 11.3 Å². The lowest BCUT2D eigenvalue weighted by molar-refractivity contribution is 0.190. The van der Waals surface area contributed by atoms with Crippen LogP contribution in [-0.4, -0.2) is 15.1 Å². The van der Waals surface area contributed by atoms with Gasteiger partial charge in [-0.15, -0.1) is 0 Å². The SMILES string of the molecule is C[C@H](O)c1nc2c(F)c(F)ccc2[nH]1. The number of aliphatic hydroxyl groups excluding tert-OH is 1. The number of H-pyrrole nitrogens is 1. The zero-order chi connectivity index (χ0) is 10.3. The van der Waals surface area contributed by atoms with Crippen LogP contribution < -0.4 is 0 Å². The second-order valence-electron chi connectivity index (χ2n) is 3.06. The van der Waals surface area contributed by atoms with E-state index >= 15 is 0 Å². The van der Waals surface area contributed by atoms with E-state index in [2.05, 4.69) is 9.97 Å². The molecule has 14 heavy (non-hydrogen) atoms. The van der Waals surface area contributed by atoms with E-state index in [4.69, 9.17) is 0 Å². The van der Waals surface area contributed by atoms with Gasteiger partial charge in [0.1, 0.15) is 17.4 Å². The van der Waals surface area contributed by atoms with Crippen LogP contribution in [0.25, 0.3) is 11.0 Å². The summed E-state index contributed by atoms with van der Waals surface area (Å²) in [6.07, 6.45) is -0.829. The number of nitrogens with zero attached hydrogens (tertiary/aromatic N) is 1. The average molecular weight is 198 g/mol. The summed E-state index contributed by atoms with van der Waals surface area (Å²) in [6.45, 7) is 1.49. The van der Waals surface area contributed by atoms with Crippen molar-refractivity contribution >= 4 is 11.0 Å². The van der Waals surface area contributed by atoms with Crippen LogP contribution in [0.4, 0.5) is 8.78 Å². The zero-order valence-electron chi connectivity index (χ0n) is 7.38. The molecule has 0 saturated carbocycles. The Morgan fingerprint density at radius 1 is 1.43 bits per heavy atom. The minimum atomic E-state index is -0.995. The monoisotopic (exact) mass is 198 g/mol. The normalized spacial score (nSPS) is 13.4. The van der Waals surface area contributed by atoms with Gasteiger partial charge in [0.2, 0.25) is 0 Å². The molecule has 0 fully saturated rings. The van der Waals surface area contributed by atoms with Gasteiger partial charge in [0, 0.05) is 0 Å². The van der Waals surface area contributed by atoms with Gasteiger partial charge in [0.05, 0.1) is 5.52 Å². The number of hydrogen-bond acceptors (Lipinski definition) is 2. The van der Waals surface area contributed by atoms with E-state index in [9.17, 15) is 13.9 Å². The van der Waals surface area contributed by atoms with Crippen LogP contribution in [0.15, 0.2) is 12.1 Å². The highest BCUT2D eigenvalue weighted by Crippen LogP contribution is 2.20. The Labute approximate surface area is 78.4 Å². The minimum absolute atomic E-state index is 0.0825. The van der Waals surface area contributed by atoms with Gasteiger partial charge in [-0.2, -0.15) is 0 Å². The molecule has 5 heteroatoms. The maximum atomic E-state index is 13.1. The quantitative estimate of drug-likeness (QED) is 0.735. The van der Waals surface area contributed by atoms with Crippen molar-refractivity contribution in [3.8, 4) is 0 Å². The van der Waals surface area contributed by atoms with E-state index in [0.717, 1.165) is 6.07 Å². The Balaban J connectivity index is 2.71. The van der Waals surface area contributed by atoms with Crippen molar-refractivity contribution in [2.75, 3.05) is 0 Å². The molecule has 0 aliphatic heterocycles. The van der Waals surface area contributed by atoms with Crippen molar-refractivity contribution in [1.82, 2.24) is 9.97 Å². The fraction of sp³-hybridized carbons (Fsp3) is 0.222. The van der Waals surface area contributed by atoms with E-state index in [1.54, 1.807) is 0 Å². The Kier molecular flexibility index (Phi) is 1.96. The number of hydrogen-bond donors (Lipinski definition) is 2. The van der Waals surface area contributed by atoms with Gasteiger partial charge >= 0.3 is 0 Å². The summed E-state index contributed by atoms with van der Waals surface area (Å²) < 4.78 is 25.9. The number of benzene rings is 1.